The predicted molar refractivity (Wildman–Crippen MR) is 110 cm³/mol. The number of piperidine rings is 1. The van der Waals surface area contributed by atoms with E-state index in [-0.39, 0.29) is 5.41 Å². The number of benzene rings is 1. The van der Waals surface area contributed by atoms with Crippen molar-refractivity contribution < 1.29 is 4.74 Å². The van der Waals surface area contributed by atoms with Gasteiger partial charge in [0, 0.05) is 30.7 Å². The standard InChI is InChI=1S/C23H36N2O/c1-6-20-9-10-21(26-5)13-22(20)23(14-17(2)24-4)11-12-25(18(3)15-23)16-19-7-8-19/h9-10,13,18-19,24H,2,6-8,11-12,14-16H2,1,3-5H3. The van der Waals surface area contributed by atoms with Crippen LogP contribution < -0.4 is 10.1 Å². The third-order valence-electron chi connectivity index (χ3n) is 6.55. The van der Waals surface area contributed by atoms with E-state index in [1.165, 1.54) is 49.9 Å². The van der Waals surface area contributed by atoms with E-state index in [0.29, 0.717) is 6.04 Å². The Balaban J connectivity index is 1.93. The molecule has 1 saturated heterocycles. The van der Waals surface area contributed by atoms with Crippen LogP contribution in [0.2, 0.25) is 0 Å². The minimum absolute atomic E-state index is 0.152. The highest BCUT2D eigenvalue weighted by atomic mass is 16.5. The average molecular weight is 357 g/mol. The van der Waals surface area contributed by atoms with E-state index in [2.05, 4.69) is 48.8 Å². The lowest BCUT2D eigenvalue weighted by atomic mass is 9.66. The number of rotatable bonds is 8. The van der Waals surface area contributed by atoms with E-state index in [1.54, 1.807) is 7.11 Å². The Bertz CT molecular complexity index is 637. The summed E-state index contributed by atoms with van der Waals surface area (Å²) in [7, 11) is 3.76. The van der Waals surface area contributed by atoms with E-state index < -0.39 is 0 Å². The summed E-state index contributed by atoms with van der Waals surface area (Å²) >= 11 is 0. The fourth-order valence-corrected chi connectivity index (χ4v) is 4.76. The van der Waals surface area contributed by atoms with Gasteiger partial charge >= 0.3 is 0 Å². The molecule has 1 aromatic carbocycles. The molecule has 0 bridgehead atoms. The normalized spacial score (nSPS) is 26.5. The summed E-state index contributed by atoms with van der Waals surface area (Å²) < 4.78 is 5.58. The van der Waals surface area contributed by atoms with Crippen LogP contribution >= 0.6 is 0 Å². The van der Waals surface area contributed by atoms with Gasteiger partial charge in [0.2, 0.25) is 0 Å². The number of ether oxygens (including phenoxy) is 1. The molecule has 2 fully saturated rings. The first-order valence-corrected chi connectivity index (χ1v) is 10.3. The van der Waals surface area contributed by atoms with Crippen molar-refractivity contribution in [1.29, 1.82) is 0 Å². The molecular weight excluding hydrogens is 320 g/mol. The number of allylic oxidation sites excluding steroid dienone is 1. The van der Waals surface area contributed by atoms with Gasteiger partial charge in [-0.25, -0.2) is 0 Å². The molecule has 2 atom stereocenters. The number of hydrogen-bond acceptors (Lipinski definition) is 3. The van der Waals surface area contributed by atoms with Crippen molar-refractivity contribution in [3.8, 4) is 5.75 Å². The second kappa shape index (κ2) is 8.04. The van der Waals surface area contributed by atoms with Gasteiger partial charge in [0.15, 0.2) is 0 Å². The van der Waals surface area contributed by atoms with Crippen LogP contribution in [0.5, 0.6) is 5.75 Å². The van der Waals surface area contributed by atoms with E-state index in [9.17, 15) is 0 Å². The van der Waals surface area contributed by atoms with Crippen LogP contribution in [0.15, 0.2) is 30.5 Å². The molecule has 1 aliphatic carbocycles. The highest BCUT2D eigenvalue weighted by Gasteiger charge is 2.42. The predicted octanol–water partition coefficient (Wildman–Crippen LogP) is 4.51. The molecule has 1 heterocycles. The van der Waals surface area contributed by atoms with Gasteiger partial charge in [0.05, 0.1) is 7.11 Å². The molecule has 0 aromatic heterocycles. The first-order chi connectivity index (χ1) is 12.5. The molecule has 1 saturated carbocycles. The third kappa shape index (κ3) is 4.09. The molecule has 26 heavy (non-hydrogen) atoms. The van der Waals surface area contributed by atoms with Crippen molar-refractivity contribution >= 4 is 0 Å². The molecule has 2 unspecified atom stereocenters. The largest absolute Gasteiger partial charge is 0.497 e. The minimum atomic E-state index is 0.152. The van der Waals surface area contributed by atoms with Crippen molar-refractivity contribution in [2.24, 2.45) is 5.92 Å². The fourth-order valence-electron chi connectivity index (χ4n) is 4.76. The van der Waals surface area contributed by atoms with Gasteiger partial charge in [-0.05, 0) is 81.2 Å². The zero-order valence-corrected chi connectivity index (χ0v) is 17.1. The summed E-state index contributed by atoms with van der Waals surface area (Å²) in [5.74, 6) is 1.93. The molecular formula is C23H36N2O. The van der Waals surface area contributed by atoms with Crippen LogP contribution in [0.25, 0.3) is 0 Å². The Morgan fingerprint density at radius 3 is 2.73 bits per heavy atom. The molecule has 1 aromatic rings. The van der Waals surface area contributed by atoms with Gasteiger partial charge in [0.25, 0.3) is 0 Å². The summed E-state index contributed by atoms with van der Waals surface area (Å²) in [6.07, 6.45) is 7.33. The highest BCUT2D eigenvalue weighted by molar-refractivity contribution is 5.42. The van der Waals surface area contributed by atoms with Gasteiger partial charge in [-0.2, -0.15) is 0 Å². The lowest BCUT2D eigenvalue weighted by molar-refractivity contribution is 0.0959. The monoisotopic (exact) mass is 356 g/mol. The molecule has 0 radical (unpaired) electrons. The van der Waals surface area contributed by atoms with Crippen LogP contribution in [0.4, 0.5) is 0 Å². The number of nitrogens with zero attached hydrogens (tertiary/aromatic N) is 1. The number of methoxy groups -OCH3 is 1. The van der Waals surface area contributed by atoms with E-state index in [0.717, 1.165) is 30.2 Å². The number of aryl methyl sites for hydroxylation is 1. The van der Waals surface area contributed by atoms with E-state index in [1.807, 2.05) is 7.05 Å². The lowest BCUT2D eigenvalue weighted by Gasteiger charge is -2.47. The number of likely N-dealkylation sites (tertiary alicyclic amines) is 1. The second-order valence-corrected chi connectivity index (χ2v) is 8.43. The van der Waals surface area contributed by atoms with Crippen molar-refractivity contribution in [1.82, 2.24) is 10.2 Å². The van der Waals surface area contributed by atoms with Crippen molar-refractivity contribution in [2.45, 2.75) is 63.8 Å². The molecule has 3 rings (SSSR count). The van der Waals surface area contributed by atoms with Crippen LogP contribution in [0.1, 0.15) is 57.1 Å². The minimum Gasteiger partial charge on any atom is -0.497 e. The summed E-state index contributed by atoms with van der Waals surface area (Å²) in [6, 6.07) is 7.28. The molecule has 3 heteroatoms. The van der Waals surface area contributed by atoms with Crippen molar-refractivity contribution in [3.63, 3.8) is 0 Å². The zero-order valence-electron chi connectivity index (χ0n) is 17.1. The van der Waals surface area contributed by atoms with Gasteiger partial charge in [-0.3, -0.25) is 0 Å². The number of nitrogens with one attached hydrogen (secondary N) is 1. The molecule has 0 spiro atoms. The first-order valence-electron chi connectivity index (χ1n) is 10.3. The van der Waals surface area contributed by atoms with Crippen LogP contribution in [0, 0.1) is 5.92 Å². The lowest BCUT2D eigenvalue weighted by Crippen LogP contribution is -2.49. The maximum atomic E-state index is 5.58. The van der Waals surface area contributed by atoms with Crippen LogP contribution in [-0.2, 0) is 11.8 Å². The van der Waals surface area contributed by atoms with E-state index >= 15 is 0 Å². The maximum absolute atomic E-state index is 5.58. The van der Waals surface area contributed by atoms with Gasteiger partial charge in [-0.15, -0.1) is 0 Å². The summed E-state index contributed by atoms with van der Waals surface area (Å²) in [6.45, 7) is 11.4. The second-order valence-electron chi connectivity index (χ2n) is 8.43. The van der Waals surface area contributed by atoms with Crippen LogP contribution in [-0.4, -0.2) is 38.2 Å². The highest BCUT2D eigenvalue weighted by Crippen LogP contribution is 2.45. The van der Waals surface area contributed by atoms with Gasteiger partial charge in [-0.1, -0.05) is 19.6 Å². The van der Waals surface area contributed by atoms with Gasteiger partial charge in [0.1, 0.15) is 5.75 Å². The smallest absolute Gasteiger partial charge is 0.119 e. The third-order valence-corrected chi connectivity index (χ3v) is 6.55. The van der Waals surface area contributed by atoms with E-state index in [4.69, 9.17) is 4.74 Å². The fraction of sp³-hybridized carbons (Fsp3) is 0.652. The summed E-state index contributed by atoms with van der Waals surface area (Å²) in [5, 5.41) is 3.30. The Kier molecular flexibility index (Phi) is 5.96. The van der Waals surface area contributed by atoms with Crippen molar-refractivity contribution in [2.75, 3.05) is 27.2 Å². The Morgan fingerprint density at radius 2 is 2.15 bits per heavy atom. The van der Waals surface area contributed by atoms with Crippen molar-refractivity contribution in [3.05, 3.63) is 41.6 Å². The average Bonchev–Trinajstić information content (AvgIpc) is 3.47. The Labute approximate surface area is 159 Å². The maximum Gasteiger partial charge on any atom is 0.119 e. The summed E-state index contributed by atoms with van der Waals surface area (Å²) in [4.78, 5) is 2.73. The molecule has 0 amide bonds. The first kappa shape index (κ1) is 19.3. The molecule has 1 N–H and O–H groups in total. The molecule has 2 aliphatic rings. The molecule has 1 aliphatic heterocycles. The zero-order chi connectivity index (χ0) is 18.7. The molecule has 3 nitrogen and oxygen atoms in total. The van der Waals surface area contributed by atoms with Gasteiger partial charge < -0.3 is 15.0 Å². The molecule has 144 valence electrons. The number of hydrogen-bond donors (Lipinski definition) is 1. The Hall–Kier alpha value is -1.48. The van der Waals surface area contributed by atoms with Crippen LogP contribution in [0.3, 0.4) is 0 Å². The SMILES string of the molecule is C=C(CC1(c2cc(OC)ccc2CC)CCN(CC2CC2)C(C)C1)NC. The topological polar surface area (TPSA) is 24.5 Å². The summed E-state index contributed by atoms with van der Waals surface area (Å²) in [5.41, 5.74) is 4.23. The Morgan fingerprint density at radius 1 is 1.38 bits per heavy atom. The quantitative estimate of drug-likeness (QED) is 0.741.